The Morgan fingerprint density at radius 2 is 1.67 bits per heavy atom. The van der Waals surface area contributed by atoms with Gasteiger partial charge in [-0.3, -0.25) is 4.90 Å². The molecule has 1 atom stereocenters. The van der Waals surface area contributed by atoms with Gasteiger partial charge in [0, 0.05) is 47.8 Å². The van der Waals surface area contributed by atoms with Crippen molar-refractivity contribution in [3.63, 3.8) is 0 Å². The van der Waals surface area contributed by atoms with Gasteiger partial charge < -0.3 is 15.0 Å². The first-order chi connectivity index (χ1) is 18.4. The van der Waals surface area contributed by atoms with E-state index in [4.69, 9.17) is 9.68 Å². The van der Waals surface area contributed by atoms with Crippen molar-refractivity contribution in [3.8, 4) is 5.75 Å². The molecule has 0 bridgehead atoms. The molecule has 0 radical (unpaired) electrons. The van der Waals surface area contributed by atoms with Gasteiger partial charge in [-0.1, -0.05) is 94.7 Å². The molecule has 4 rings (SSSR count). The number of benzene rings is 2. The lowest BCUT2D eigenvalue weighted by Crippen LogP contribution is -2.41. The fraction of sp³-hybridized carbons (Fsp3) is 0.484. The van der Waals surface area contributed by atoms with E-state index in [0.717, 1.165) is 59.8 Å². The Morgan fingerprint density at radius 1 is 0.949 bits per heavy atom. The van der Waals surface area contributed by atoms with Crippen molar-refractivity contribution < 1.29 is 9.68 Å². The standard InChI is InChI=1S/C31H42I2N4O2/c1-30(2,3)24-14-22-18-34-12-13-37(19-21-10-8-7-9-11-21)20-23-15-25(32)17-27(33)29(23)39-36-35-38-28(22)26(16-24)31(4,5)6/h7-11,15-17,22,34-36H,12-14,18-20H2,1-6H3. The van der Waals surface area contributed by atoms with Crippen molar-refractivity contribution in [3.05, 3.63) is 83.7 Å². The largest absolute Gasteiger partial charge is 0.395 e. The van der Waals surface area contributed by atoms with Crippen molar-refractivity contribution in [2.45, 2.75) is 61.1 Å². The maximum atomic E-state index is 6.26. The predicted octanol–water partition coefficient (Wildman–Crippen LogP) is 7.11. The highest BCUT2D eigenvalue weighted by Gasteiger charge is 2.34. The third kappa shape index (κ3) is 8.42. The zero-order valence-electron chi connectivity index (χ0n) is 24.0. The van der Waals surface area contributed by atoms with Crippen molar-refractivity contribution >= 4 is 45.2 Å². The quantitative estimate of drug-likeness (QED) is 0.284. The molecule has 3 N–H and O–H groups in total. The molecule has 0 saturated carbocycles. The normalized spacial score (nSPS) is 20.2. The van der Waals surface area contributed by atoms with E-state index < -0.39 is 0 Å². The van der Waals surface area contributed by atoms with Gasteiger partial charge in [0.25, 0.3) is 0 Å². The first-order valence-corrected chi connectivity index (χ1v) is 15.8. The van der Waals surface area contributed by atoms with Crippen LogP contribution in [-0.4, -0.2) is 24.5 Å². The van der Waals surface area contributed by atoms with E-state index >= 15 is 0 Å². The number of hydrazine groups is 1. The molecule has 6 nitrogen and oxygen atoms in total. The second-order valence-corrected chi connectivity index (χ2v) is 14.9. The molecule has 39 heavy (non-hydrogen) atoms. The minimum Gasteiger partial charge on any atom is -0.395 e. The van der Waals surface area contributed by atoms with Gasteiger partial charge in [0.05, 0.1) is 3.57 Å². The summed E-state index contributed by atoms with van der Waals surface area (Å²) in [5.74, 6) is 2.00. The van der Waals surface area contributed by atoms with Gasteiger partial charge in [-0.15, -0.1) is 0 Å². The Kier molecular flexibility index (Phi) is 10.4. The molecule has 1 aliphatic heterocycles. The van der Waals surface area contributed by atoms with Crippen LogP contribution in [0.2, 0.25) is 0 Å². The molecular formula is C31H42I2N4O2. The van der Waals surface area contributed by atoms with Gasteiger partial charge in [0.2, 0.25) is 0 Å². The van der Waals surface area contributed by atoms with E-state index in [0.29, 0.717) is 0 Å². The van der Waals surface area contributed by atoms with E-state index in [-0.39, 0.29) is 16.7 Å². The summed E-state index contributed by atoms with van der Waals surface area (Å²) < 4.78 is 2.24. The topological polar surface area (TPSA) is 57.8 Å². The summed E-state index contributed by atoms with van der Waals surface area (Å²) in [5.41, 5.74) is 11.0. The molecule has 1 unspecified atom stereocenters. The SMILES string of the molecule is CC(C)(C)C1=CC(C(C)(C)C)=C2ONNOc3c(I)cc(I)cc3CN(Cc3ccccc3)CCNCC2C1. The van der Waals surface area contributed by atoms with Crippen LogP contribution in [-0.2, 0) is 17.9 Å². The average Bonchev–Trinajstić information content (AvgIpc) is 2.84. The Morgan fingerprint density at radius 3 is 2.36 bits per heavy atom. The summed E-state index contributed by atoms with van der Waals surface area (Å²) in [6.45, 7) is 18.0. The van der Waals surface area contributed by atoms with Crippen molar-refractivity contribution in [1.29, 1.82) is 0 Å². The predicted molar refractivity (Wildman–Crippen MR) is 175 cm³/mol. The van der Waals surface area contributed by atoms with Gasteiger partial charge in [-0.25, -0.2) is 0 Å². The number of nitrogens with zero attached hydrogens (tertiary/aromatic N) is 1. The molecule has 2 aromatic rings. The number of allylic oxidation sites excluding steroid dienone is 3. The zero-order chi connectivity index (χ0) is 28.2. The average molecular weight is 757 g/mol. The minimum absolute atomic E-state index is 0.0658. The van der Waals surface area contributed by atoms with E-state index in [9.17, 15) is 0 Å². The Hall–Kier alpha value is -1.18. The van der Waals surface area contributed by atoms with Gasteiger partial charge in [0.1, 0.15) is 5.76 Å². The molecule has 2 aliphatic rings. The summed E-state index contributed by atoms with van der Waals surface area (Å²) in [5, 5.41) is 3.78. The maximum Gasteiger partial charge on any atom is 0.167 e. The molecule has 0 aromatic heterocycles. The van der Waals surface area contributed by atoms with Crippen LogP contribution in [0.1, 0.15) is 59.1 Å². The highest BCUT2D eigenvalue weighted by molar-refractivity contribution is 14.1. The molecule has 2 aromatic carbocycles. The van der Waals surface area contributed by atoms with Gasteiger partial charge in [-0.05, 0) is 85.7 Å². The third-order valence-corrected chi connectivity index (χ3v) is 8.70. The van der Waals surface area contributed by atoms with Crippen molar-refractivity contribution in [2.75, 3.05) is 19.6 Å². The Bertz CT molecular complexity index is 1200. The third-order valence-electron chi connectivity index (χ3n) is 7.27. The summed E-state index contributed by atoms with van der Waals surface area (Å²) in [6.07, 6.45) is 3.32. The molecule has 0 saturated heterocycles. The van der Waals surface area contributed by atoms with Crippen LogP contribution in [0.3, 0.4) is 0 Å². The lowest BCUT2D eigenvalue weighted by Gasteiger charge is -2.37. The van der Waals surface area contributed by atoms with Gasteiger partial charge in [0.15, 0.2) is 5.75 Å². The molecule has 212 valence electrons. The number of hydrogen-bond donors (Lipinski definition) is 3. The molecule has 0 fully saturated rings. The first kappa shape index (κ1) is 30.8. The second-order valence-electron chi connectivity index (χ2n) is 12.5. The monoisotopic (exact) mass is 756 g/mol. The minimum atomic E-state index is -0.0658. The number of rotatable bonds is 2. The van der Waals surface area contributed by atoms with Crippen LogP contribution in [0.25, 0.3) is 0 Å². The van der Waals surface area contributed by atoms with Gasteiger partial charge >= 0.3 is 0 Å². The summed E-state index contributed by atoms with van der Waals surface area (Å²) in [4.78, 5) is 14.9. The van der Waals surface area contributed by atoms with Crippen LogP contribution < -0.4 is 21.3 Å². The maximum absolute atomic E-state index is 6.26. The molecule has 1 heterocycles. The summed E-state index contributed by atoms with van der Waals surface area (Å²) in [7, 11) is 0. The van der Waals surface area contributed by atoms with Crippen molar-refractivity contribution in [1.82, 2.24) is 21.4 Å². The smallest absolute Gasteiger partial charge is 0.167 e. The Balaban J connectivity index is 1.67. The van der Waals surface area contributed by atoms with Gasteiger partial charge in [-0.2, -0.15) is 0 Å². The summed E-state index contributed by atoms with van der Waals surface area (Å²) in [6, 6.07) is 15.0. The zero-order valence-corrected chi connectivity index (χ0v) is 28.3. The number of halogens is 2. The number of fused-ring (bicyclic) bond motifs is 2. The van der Waals surface area contributed by atoms with Crippen molar-refractivity contribution in [2.24, 2.45) is 16.7 Å². The molecular weight excluding hydrogens is 714 g/mol. The molecule has 8 heteroatoms. The summed E-state index contributed by atoms with van der Waals surface area (Å²) >= 11 is 4.73. The first-order valence-electron chi connectivity index (χ1n) is 13.7. The lowest BCUT2D eigenvalue weighted by molar-refractivity contribution is -0.0380. The van der Waals surface area contributed by atoms with E-state index in [1.165, 1.54) is 20.3 Å². The molecule has 0 amide bonds. The number of hydrogen-bond acceptors (Lipinski definition) is 6. The Labute approximate surface area is 261 Å². The van der Waals surface area contributed by atoms with E-state index in [1.807, 2.05) is 0 Å². The lowest BCUT2D eigenvalue weighted by atomic mass is 9.71. The van der Waals surface area contributed by atoms with E-state index in [1.54, 1.807) is 0 Å². The second kappa shape index (κ2) is 13.2. The van der Waals surface area contributed by atoms with Crippen LogP contribution in [0.4, 0.5) is 0 Å². The molecule has 1 aliphatic carbocycles. The van der Waals surface area contributed by atoms with Crippen LogP contribution in [0.15, 0.2) is 65.4 Å². The van der Waals surface area contributed by atoms with Crippen LogP contribution in [0.5, 0.6) is 5.75 Å². The number of nitrogens with one attached hydrogen (secondary N) is 3. The highest BCUT2D eigenvalue weighted by Crippen LogP contribution is 2.43. The fourth-order valence-electron chi connectivity index (χ4n) is 5.10. The fourth-order valence-corrected chi connectivity index (χ4v) is 7.17. The highest BCUT2D eigenvalue weighted by atomic mass is 127. The van der Waals surface area contributed by atoms with E-state index in [2.05, 4.69) is 157 Å². The van der Waals surface area contributed by atoms with Crippen LogP contribution >= 0.6 is 45.2 Å². The molecule has 0 spiro atoms. The van der Waals surface area contributed by atoms with Crippen LogP contribution in [0, 0.1) is 23.9 Å².